The summed E-state index contributed by atoms with van der Waals surface area (Å²) in [5.74, 6) is 0.229. The van der Waals surface area contributed by atoms with Crippen LogP contribution in [0.5, 0.6) is 5.75 Å². The highest BCUT2D eigenvalue weighted by Gasteiger charge is 2.32. The molecule has 0 saturated carbocycles. The lowest BCUT2D eigenvalue weighted by molar-refractivity contribution is -0.121. The number of rotatable bonds is 6. The van der Waals surface area contributed by atoms with Crippen molar-refractivity contribution in [3.8, 4) is 5.75 Å². The summed E-state index contributed by atoms with van der Waals surface area (Å²) in [6.45, 7) is 3.64. The average molecular weight is 456 g/mol. The van der Waals surface area contributed by atoms with Gasteiger partial charge >= 0.3 is 0 Å². The number of anilines is 2. The fraction of sp³-hybridized carbons (Fsp3) is 0.273. The number of nitrogens with one attached hydrogen (secondary N) is 1. The third kappa shape index (κ3) is 4.31. The smallest absolute Gasteiger partial charge is 0.265 e. The molecule has 2 aromatic carbocycles. The Hall–Kier alpha value is -3.40. The van der Waals surface area contributed by atoms with E-state index in [2.05, 4.69) is 15.5 Å². The molecule has 0 radical (unpaired) electrons. The molecule has 0 bridgehead atoms. The lowest BCUT2D eigenvalue weighted by atomic mass is 10.1. The molecule has 1 aliphatic heterocycles. The molecular weight excluding hydrogens is 433 g/mol. The van der Waals surface area contributed by atoms with Gasteiger partial charge in [0.25, 0.3) is 5.91 Å². The molecule has 0 spiro atoms. The van der Waals surface area contributed by atoms with Gasteiger partial charge in [-0.25, -0.2) is 4.39 Å². The minimum Gasteiger partial charge on any atom is -0.482 e. The number of aryl methyl sites for hydroxylation is 1. The number of carbonyl (C=O) groups excluding carboxylic acids is 2. The van der Waals surface area contributed by atoms with Crippen molar-refractivity contribution in [2.75, 3.05) is 22.6 Å². The Balaban J connectivity index is 1.46. The summed E-state index contributed by atoms with van der Waals surface area (Å²) in [6, 6.07) is 11.5. The molecule has 0 aliphatic carbocycles. The summed E-state index contributed by atoms with van der Waals surface area (Å²) in [6.07, 6.45) is 0. The maximum Gasteiger partial charge on any atom is 0.265 e. The minimum atomic E-state index is -0.487. The van der Waals surface area contributed by atoms with E-state index in [9.17, 15) is 14.0 Å². The Morgan fingerprint density at radius 3 is 2.88 bits per heavy atom. The first-order valence-electron chi connectivity index (χ1n) is 9.97. The monoisotopic (exact) mass is 455 g/mol. The quantitative estimate of drug-likeness (QED) is 0.573. The third-order valence-corrected chi connectivity index (χ3v) is 6.12. The van der Waals surface area contributed by atoms with Crippen LogP contribution in [0.1, 0.15) is 24.4 Å². The summed E-state index contributed by atoms with van der Waals surface area (Å²) < 4.78 is 21.1. The van der Waals surface area contributed by atoms with Crippen LogP contribution in [0.15, 0.2) is 47.6 Å². The summed E-state index contributed by atoms with van der Waals surface area (Å²) in [5, 5.41) is 11.5. The van der Waals surface area contributed by atoms with Crippen LogP contribution in [0.2, 0.25) is 0 Å². The number of para-hydroxylation sites is 2. The van der Waals surface area contributed by atoms with E-state index in [0.717, 1.165) is 5.56 Å². The molecule has 1 atom stereocenters. The van der Waals surface area contributed by atoms with E-state index < -0.39 is 11.9 Å². The molecule has 0 fully saturated rings. The molecule has 166 valence electrons. The van der Waals surface area contributed by atoms with Gasteiger partial charge in [-0.15, -0.1) is 10.2 Å². The number of ether oxygens (including phenoxy) is 1. The van der Waals surface area contributed by atoms with Crippen molar-refractivity contribution < 1.29 is 18.7 Å². The largest absolute Gasteiger partial charge is 0.482 e. The topological polar surface area (TPSA) is 89.3 Å². The molecule has 1 aromatic heterocycles. The second kappa shape index (κ2) is 8.99. The fourth-order valence-corrected chi connectivity index (χ4v) is 4.25. The molecule has 2 heterocycles. The van der Waals surface area contributed by atoms with Crippen molar-refractivity contribution >= 4 is 35.0 Å². The van der Waals surface area contributed by atoms with Gasteiger partial charge in [-0.05, 0) is 43.7 Å². The number of carbonyl (C=O) groups is 2. The molecule has 0 unspecified atom stereocenters. The number of amides is 2. The SMILES string of the molecule is Cc1ccc(F)c(NC(=O)CSc2nnc([C@@H](C)N3C(=O)COc4ccccc43)n2C)c1. The molecule has 1 N–H and O–H groups in total. The Labute approximate surface area is 188 Å². The second-order valence-corrected chi connectivity index (χ2v) is 8.36. The first-order chi connectivity index (χ1) is 15.3. The molecular formula is C22H22FN5O3S. The first-order valence-corrected chi connectivity index (χ1v) is 11.0. The first kappa shape index (κ1) is 21.8. The van der Waals surface area contributed by atoms with Gasteiger partial charge in [0.15, 0.2) is 17.6 Å². The van der Waals surface area contributed by atoms with Crippen LogP contribution in [0, 0.1) is 12.7 Å². The second-order valence-electron chi connectivity index (χ2n) is 7.42. The molecule has 3 aromatic rings. The zero-order valence-electron chi connectivity index (χ0n) is 17.8. The van der Waals surface area contributed by atoms with Crippen molar-refractivity contribution in [3.05, 3.63) is 59.7 Å². The van der Waals surface area contributed by atoms with Gasteiger partial charge in [-0.3, -0.25) is 14.5 Å². The molecule has 8 nitrogen and oxygen atoms in total. The van der Waals surface area contributed by atoms with E-state index in [1.165, 1.54) is 17.8 Å². The Bertz CT molecular complexity index is 1180. The van der Waals surface area contributed by atoms with E-state index in [1.54, 1.807) is 28.6 Å². The van der Waals surface area contributed by atoms with Crippen LogP contribution in [0.3, 0.4) is 0 Å². The Morgan fingerprint density at radius 1 is 1.28 bits per heavy atom. The number of thioether (sulfide) groups is 1. The van der Waals surface area contributed by atoms with Crippen molar-refractivity contribution in [1.29, 1.82) is 0 Å². The highest BCUT2D eigenvalue weighted by atomic mass is 32.2. The lowest BCUT2D eigenvalue weighted by Crippen LogP contribution is -2.41. The molecule has 2 amide bonds. The maximum absolute atomic E-state index is 13.9. The fourth-order valence-electron chi connectivity index (χ4n) is 3.53. The van der Waals surface area contributed by atoms with E-state index in [4.69, 9.17) is 4.74 Å². The normalized spacial score (nSPS) is 14.0. The van der Waals surface area contributed by atoms with Crippen LogP contribution in [0.4, 0.5) is 15.8 Å². The molecule has 4 rings (SSSR count). The van der Waals surface area contributed by atoms with E-state index in [1.807, 2.05) is 38.1 Å². The Morgan fingerprint density at radius 2 is 2.06 bits per heavy atom. The number of benzene rings is 2. The molecule has 1 aliphatic rings. The third-order valence-electron chi connectivity index (χ3n) is 5.10. The van der Waals surface area contributed by atoms with E-state index in [0.29, 0.717) is 22.4 Å². The number of halogens is 1. The van der Waals surface area contributed by atoms with Gasteiger partial charge in [0.05, 0.1) is 23.2 Å². The van der Waals surface area contributed by atoms with Gasteiger partial charge in [-0.2, -0.15) is 0 Å². The van der Waals surface area contributed by atoms with Crippen molar-refractivity contribution in [2.45, 2.75) is 25.0 Å². The zero-order chi connectivity index (χ0) is 22.8. The minimum absolute atomic E-state index is 0.0348. The number of fused-ring (bicyclic) bond motifs is 1. The van der Waals surface area contributed by atoms with Gasteiger partial charge < -0.3 is 14.6 Å². The van der Waals surface area contributed by atoms with Crippen LogP contribution in [0.25, 0.3) is 0 Å². The van der Waals surface area contributed by atoms with Crippen molar-refractivity contribution in [3.63, 3.8) is 0 Å². The summed E-state index contributed by atoms with van der Waals surface area (Å²) in [5.41, 5.74) is 1.67. The van der Waals surface area contributed by atoms with Gasteiger partial charge in [-0.1, -0.05) is 30.0 Å². The summed E-state index contributed by atoms with van der Waals surface area (Å²) in [4.78, 5) is 26.5. The number of aromatic nitrogens is 3. The van der Waals surface area contributed by atoms with Crippen molar-refractivity contribution in [1.82, 2.24) is 14.8 Å². The summed E-state index contributed by atoms with van der Waals surface area (Å²) in [7, 11) is 1.78. The number of hydrogen-bond donors (Lipinski definition) is 1. The highest BCUT2D eigenvalue weighted by molar-refractivity contribution is 7.99. The standard InChI is InChI=1S/C22H22FN5O3S/c1-13-8-9-15(23)16(10-13)24-19(29)12-32-22-26-25-21(27(22)3)14(2)28-17-6-4-5-7-18(17)31-11-20(28)30/h4-10,14H,11-12H2,1-3H3,(H,24,29)/t14-/m1/s1. The Kier molecular flexibility index (Phi) is 6.13. The predicted octanol–water partition coefficient (Wildman–Crippen LogP) is 3.48. The molecule has 10 heteroatoms. The lowest BCUT2D eigenvalue weighted by Gasteiger charge is -2.33. The van der Waals surface area contributed by atoms with Crippen LogP contribution in [-0.4, -0.2) is 38.9 Å². The zero-order valence-corrected chi connectivity index (χ0v) is 18.6. The molecule has 32 heavy (non-hydrogen) atoms. The van der Waals surface area contributed by atoms with E-state index in [-0.39, 0.29) is 29.9 Å². The summed E-state index contributed by atoms with van der Waals surface area (Å²) >= 11 is 1.18. The number of nitrogens with zero attached hydrogens (tertiary/aromatic N) is 4. The van der Waals surface area contributed by atoms with Gasteiger partial charge in [0.1, 0.15) is 11.6 Å². The average Bonchev–Trinajstić information content (AvgIpc) is 3.14. The molecule has 0 saturated heterocycles. The number of hydrogen-bond acceptors (Lipinski definition) is 6. The van der Waals surface area contributed by atoms with Crippen LogP contribution in [-0.2, 0) is 16.6 Å². The maximum atomic E-state index is 13.9. The van der Waals surface area contributed by atoms with Crippen LogP contribution < -0.4 is 15.0 Å². The van der Waals surface area contributed by atoms with Gasteiger partial charge in [0.2, 0.25) is 5.91 Å². The van der Waals surface area contributed by atoms with E-state index >= 15 is 0 Å². The van der Waals surface area contributed by atoms with Crippen molar-refractivity contribution in [2.24, 2.45) is 7.05 Å². The highest BCUT2D eigenvalue weighted by Crippen LogP contribution is 2.37. The predicted molar refractivity (Wildman–Crippen MR) is 119 cm³/mol. The van der Waals surface area contributed by atoms with Crippen LogP contribution >= 0.6 is 11.8 Å². The van der Waals surface area contributed by atoms with Gasteiger partial charge in [0, 0.05) is 7.05 Å².